The Morgan fingerprint density at radius 2 is 2.05 bits per heavy atom. The van der Waals surface area contributed by atoms with E-state index in [2.05, 4.69) is 29.9 Å². The van der Waals surface area contributed by atoms with Gasteiger partial charge in [-0.25, -0.2) is 5.84 Å². The van der Waals surface area contributed by atoms with Crippen molar-refractivity contribution in [1.82, 2.24) is 9.99 Å². The van der Waals surface area contributed by atoms with Gasteiger partial charge in [-0.2, -0.15) is 0 Å². The van der Waals surface area contributed by atoms with Crippen molar-refractivity contribution in [2.45, 2.75) is 58.4 Å². The fourth-order valence-corrected chi connectivity index (χ4v) is 3.21. The maximum absolute atomic E-state index is 11.8. The minimum atomic E-state index is -0.205. The summed E-state index contributed by atoms with van der Waals surface area (Å²) < 4.78 is 2.12. The molecule has 1 aliphatic carbocycles. The van der Waals surface area contributed by atoms with Gasteiger partial charge >= 0.3 is 0 Å². The van der Waals surface area contributed by atoms with Crippen LogP contribution in [0.25, 0.3) is 0 Å². The van der Waals surface area contributed by atoms with Crippen LogP contribution in [0.3, 0.4) is 0 Å². The first-order chi connectivity index (χ1) is 9.13. The lowest BCUT2D eigenvalue weighted by molar-refractivity contribution is 0.0942. The van der Waals surface area contributed by atoms with Gasteiger partial charge < -0.3 is 4.57 Å². The number of nitrogens with two attached hydrogens (primary N) is 1. The fourth-order valence-electron chi connectivity index (χ4n) is 3.21. The van der Waals surface area contributed by atoms with E-state index in [1.54, 1.807) is 0 Å². The Bertz CT molecular complexity index is 431. The minimum Gasteiger partial charge on any atom is -0.338 e. The number of aromatic nitrogens is 1. The van der Waals surface area contributed by atoms with E-state index in [1.165, 1.54) is 37.8 Å². The molecule has 0 aliphatic heterocycles. The van der Waals surface area contributed by atoms with Gasteiger partial charge in [0, 0.05) is 11.7 Å². The molecule has 0 atom stereocenters. The number of hydrogen-bond acceptors (Lipinski definition) is 2. The van der Waals surface area contributed by atoms with Crippen LogP contribution in [0.4, 0.5) is 0 Å². The first-order valence-corrected chi connectivity index (χ1v) is 7.34. The van der Waals surface area contributed by atoms with Gasteiger partial charge in [0.2, 0.25) is 0 Å². The number of carbonyl (C=O) groups excluding carboxylic acids is 1. The van der Waals surface area contributed by atoms with Crippen molar-refractivity contribution in [3.63, 3.8) is 0 Å². The van der Waals surface area contributed by atoms with Crippen molar-refractivity contribution in [3.8, 4) is 0 Å². The van der Waals surface area contributed by atoms with E-state index in [0.717, 1.165) is 12.3 Å². The van der Waals surface area contributed by atoms with Crippen LogP contribution < -0.4 is 11.3 Å². The number of carbonyl (C=O) groups is 1. The van der Waals surface area contributed by atoms with E-state index in [9.17, 15) is 4.79 Å². The van der Waals surface area contributed by atoms with Crippen LogP contribution in [0.5, 0.6) is 0 Å². The first-order valence-electron chi connectivity index (χ1n) is 7.34. The third kappa shape index (κ3) is 3.18. The number of nitrogens with zero attached hydrogens (tertiary/aromatic N) is 1. The highest BCUT2D eigenvalue weighted by atomic mass is 16.2. The van der Waals surface area contributed by atoms with E-state index in [-0.39, 0.29) is 11.9 Å². The van der Waals surface area contributed by atoms with Gasteiger partial charge in [0.1, 0.15) is 5.69 Å². The van der Waals surface area contributed by atoms with Gasteiger partial charge in [0.25, 0.3) is 5.91 Å². The lowest BCUT2D eigenvalue weighted by atomic mass is 9.86. The Hall–Kier alpha value is -1.29. The van der Waals surface area contributed by atoms with Crippen molar-refractivity contribution in [2.75, 3.05) is 0 Å². The summed E-state index contributed by atoms with van der Waals surface area (Å²) in [6.07, 6.45) is 7.80. The molecule has 1 aliphatic rings. The second kappa shape index (κ2) is 6.24. The van der Waals surface area contributed by atoms with Crippen LogP contribution >= 0.6 is 0 Å². The number of rotatable bonds is 4. The topological polar surface area (TPSA) is 60.0 Å². The Labute approximate surface area is 115 Å². The Morgan fingerprint density at radius 3 is 2.63 bits per heavy atom. The monoisotopic (exact) mass is 263 g/mol. The van der Waals surface area contributed by atoms with Gasteiger partial charge in [-0.3, -0.25) is 10.2 Å². The highest BCUT2D eigenvalue weighted by Crippen LogP contribution is 2.28. The zero-order valence-electron chi connectivity index (χ0n) is 12.0. The second-order valence-corrected chi connectivity index (χ2v) is 5.86. The smallest absolute Gasteiger partial charge is 0.281 e. The molecule has 1 fully saturated rings. The van der Waals surface area contributed by atoms with Crippen LogP contribution in [-0.2, 0) is 6.42 Å². The normalized spacial score (nSPS) is 16.8. The zero-order valence-corrected chi connectivity index (χ0v) is 12.0. The third-order valence-corrected chi connectivity index (χ3v) is 4.11. The quantitative estimate of drug-likeness (QED) is 0.498. The van der Waals surface area contributed by atoms with Gasteiger partial charge in [0.05, 0.1) is 0 Å². The molecule has 1 aromatic rings. The van der Waals surface area contributed by atoms with Crippen molar-refractivity contribution in [1.29, 1.82) is 0 Å². The second-order valence-electron chi connectivity index (χ2n) is 5.86. The molecule has 0 spiro atoms. The summed E-state index contributed by atoms with van der Waals surface area (Å²) in [4.78, 5) is 11.8. The predicted octanol–water partition coefficient (Wildman–Crippen LogP) is 2.80. The van der Waals surface area contributed by atoms with Crippen LogP contribution in [0, 0.1) is 5.92 Å². The van der Waals surface area contributed by atoms with Gasteiger partial charge in [-0.15, -0.1) is 0 Å². The van der Waals surface area contributed by atoms with Crippen molar-refractivity contribution < 1.29 is 4.79 Å². The predicted molar refractivity (Wildman–Crippen MR) is 76.7 cm³/mol. The molecule has 0 saturated heterocycles. The molecule has 106 valence electrons. The summed E-state index contributed by atoms with van der Waals surface area (Å²) in [7, 11) is 0. The molecule has 1 saturated carbocycles. The lowest BCUT2D eigenvalue weighted by Gasteiger charge is -2.24. The van der Waals surface area contributed by atoms with Gasteiger partial charge in [-0.1, -0.05) is 32.1 Å². The van der Waals surface area contributed by atoms with Crippen molar-refractivity contribution >= 4 is 5.91 Å². The molecule has 0 aromatic carbocycles. The van der Waals surface area contributed by atoms with E-state index in [1.807, 2.05) is 6.07 Å². The molecule has 1 aromatic heterocycles. The molecule has 0 bridgehead atoms. The van der Waals surface area contributed by atoms with E-state index < -0.39 is 0 Å². The molecule has 0 unspecified atom stereocenters. The molecular formula is C15H25N3O. The van der Waals surface area contributed by atoms with E-state index >= 15 is 0 Å². The summed E-state index contributed by atoms with van der Waals surface area (Å²) >= 11 is 0. The summed E-state index contributed by atoms with van der Waals surface area (Å²) in [5.74, 6) is 5.82. The maximum atomic E-state index is 11.8. The summed E-state index contributed by atoms with van der Waals surface area (Å²) in [6.45, 7) is 4.22. The maximum Gasteiger partial charge on any atom is 0.281 e. The average Bonchev–Trinajstić information content (AvgIpc) is 2.83. The van der Waals surface area contributed by atoms with Gasteiger partial charge in [0.15, 0.2) is 0 Å². The van der Waals surface area contributed by atoms with Crippen LogP contribution in [0.1, 0.15) is 68.2 Å². The third-order valence-electron chi connectivity index (χ3n) is 4.11. The highest BCUT2D eigenvalue weighted by Gasteiger charge is 2.20. The van der Waals surface area contributed by atoms with Crippen molar-refractivity contribution in [2.24, 2.45) is 11.8 Å². The van der Waals surface area contributed by atoms with Gasteiger partial charge in [-0.05, 0) is 38.3 Å². The number of nitrogen functional groups attached to an aromatic ring is 1. The summed E-state index contributed by atoms with van der Waals surface area (Å²) in [6, 6.07) is 4.25. The van der Waals surface area contributed by atoms with E-state index in [4.69, 9.17) is 5.84 Å². The fraction of sp³-hybridized carbons (Fsp3) is 0.667. The van der Waals surface area contributed by atoms with Crippen LogP contribution in [0.2, 0.25) is 0 Å². The molecule has 0 radical (unpaired) electrons. The van der Waals surface area contributed by atoms with Crippen LogP contribution in [0.15, 0.2) is 12.1 Å². The Kier molecular flexibility index (Phi) is 4.64. The highest BCUT2D eigenvalue weighted by molar-refractivity contribution is 5.92. The molecular weight excluding hydrogens is 238 g/mol. The Balaban J connectivity index is 2.19. The molecule has 3 N–H and O–H groups in total. The zero-order chi connectivity index (χ0) is 13.8. The van der Waals surface area contributed by atoms with Crippen LogP contribution in [-0.4, -0.2) is 10.5 Å². The van der Waals surface area contributed by atoms with Crippen molar-refractivity contribution in [3.05, 3.63) is 23.5 Å². The summed E-state index contributed by atoms with van der Waals surface area (Å²) in [5.41, 5.74) is 4.17. The number of hydrogen-bond donors (Lipinski definition) is 2. The molecule has 4 nitrogen and oxygen atoms in total. The van der Waals surface area contributed by atoms with E-state index in [0.29, 0.717) is 5.69 Å². The average molecular weight is 263 g/mol. The Morgan fingerprint density at radius 1 is 1.37 bits per heavy atom. The lowest BCUT2D eigenvalue weighted by Crippen LogP contribution is -2.32. The number of amides is 1. The summed E-state index contributed by atoms with van der Waals surface area (Å²) in [5, 5.41) is 0. The number of hydrazine groups is 1. The first kappa shape index (κ1) is 14.1. The standard InChI is InChI=1S/C15H25N3O/c1-11(2)18-13(8-9-14(18)15(19)17-16)10-12-6-4-3-5-7-12/h8-9,11-12H,3-7,10,16H2,1-2H3,(H,17,19). The number of nitrogens with one attached hydrogen (secondary N) is 1. The SMILES string of the molecule is CC(C)n1c(CC2CCCCC2)ccc1C(=O)NN. The molecule has 1 heterocycles. The molecule has 4 heteroatoms. The molecule has 1 amide bonds. The molecule has 19 heavy (non-hydrogen) atoms. The molecule has 2 rings (SSSR count). The largest absolute Gasteiger partial charge is 0.338 e. The minimum absolute atomic E-state index is 0.205.